The molecule has 10 N–H and O–H groups in total. The number of carbonyl (C=O) groups is 3. The van der Waals surface area contributed by atoms with Gasteiger partial charge in [0.25, 0.3) is 0 Å². The first-order valence-electron chi connectivity index (χ1n) is 27.5. The van der Waals surface area contributed by atoms with Gasteiger partial charge in [0, 0.05) is 24.8 Å². The fourth-order valence-corrected chi connectivity index (χ4v) is 16.0. The van der Waals surface area contributed by atoms with Crippen molar-refractivity contribution in [3.63, 3.8) is 0 Å². The molecule has 1 unspecified atom stereocenters. The summed E-state index contributed by atoms with van der Waals surface area (Å²) in [5, 5.41) is 102. The summed E-state index contributed by atoms with van der Waals surface area (Å²) >= 11 is 0. The standard InChI is InChI=1S/C57H83NO19/c1-28(59)58-41-45(67)44(66)34(27-73-50-47(43(65)33(61)26-72-50)77-49-46(68)42(64)32(60)25-71-49)74-48(41)76-38-19-20-54(6)35(53(38,4)5)18-21-55(7)36(54)16-15-30-31-22-52(2,3)39(75-40(63)17-14-29-12-10-9-11-13-29)24-57(31,51(69)70)37(62)23-56(30,55)8/h9-15,17,31-39,41-50,60-62,64-68H,16,18-27H2,1-8H3,(H,58,59)(H,69,70)/b17-14+/t31-,32+,33-,34+,35?,36+,37+,38-,39-,41+,42-,43-,44+,45+,46+,47+,48-,49-,50-,54-,55+,56+,57+/m0/s1. The normalized spacial score (nSPS) is 47.3. The van der Waals surface area contributed by atoms with E-state index in [1.54, 1.807) is 6.08 Å². The molecule has 77 heavy (non-hydrogen) atoms. The zero-order valence-corrected chi connectivity index (χ0v) is 45.5. The maximum atomic E-state index is 13.8. The Kier molecular flexibility index (Phi) is 16.2. The second-order valence-electron chi connectivity index (χ2n) is 25.7. The van der Waals surface area contributed by atoms with Gasteiger partial charge < -0.3 is 84.4 Å². The second kappa shape index (κ2) is 21.5. The molecule has 0 radical (unpaired) electrons. The van der Waals surface area contributed by atoms with Crippen LogP contribution in [0.2, 0.25) is 0 Å². The second-order valence-corrected chi connectivity index (χ2v) is 25.7. The van der Waals surface area contributed by atoms with E-state index in [9.17, 15) is 60.3 Å². The summed E-state index contributed by atoms with van der Waals surface area (Å²) in [5.41, 5.74) is -1.98. The molecule has 8 aliphatic rings. The first-order valence-corrected chi connectivity index (χ1v) is 27.5. The van der Waals surface area contributed by atoms with E-state index in [2.05, 4.69) is 46.0 Å². The summed E-state index contributed by atoms with van der Waals surface area (Å²) in [5.74, 6) is -2.44. The zero-order chi connectivity index (χ0) is 55.9. The summed E-state index contributed by atoms with van der Waals surface area (Å²) in [6.07, 6.45) is -11.1. The van der Waals surface area contributed by atoms with Crippen LogP contribution in [-0.4, -0.2) is 182 Å². The molecule has 430 valence electrons. The van der Waals surface area contributed by atoms with Crippen molar-refractivity contribution in [2.24, 2.45) is 50.2 Å². The van der Waals surface area contributed by atoms with Gasteiger partial charge in [-0.25, -0.2) is 4.79 Å². The third-order valence-electron chi connectivity index (χ3n) is 20.6. The number of allylic oxidation sites excluding steroid dienone is 2. The molecule has 9 rings (SSSR count). The highest BCUT2D eigenvalue weighted by Crippen LogP contribution is 2.76. The van der Waals surface area contributed by atoms with Gasteiger partial charge in [-0.15, -0.1) is 0 Å². The Hall–Kier alpha value is -3.45. The van der Waals surface area contributed by atoms with E-state index >= 15 is 0 Å². The van der Waals surface area contributed by atoms with Crippen molar-refractivity contribution in [3.8, 4) is 0 Å². The molecule has 1 aromatic carbocycles. The highest BCUT2D eigenvalue weighted by atomic mass is 16.8. The van der Waals surface area contributed by atoms with E-state index in [-0.39, 0.29) is 42.1 Å². The number of carboxylic acid groups (broad SMARTS) is 1. The third-order valence-corrected chi connectivity index (χ3v) is 20.6. The van der Waals surface area contributed by atoms with Gasteiger partial charge in [-0.2, -0.15) is 0 Å². The summed E-state index contributed by atoms with van der Waals surface area (Å²) in [4.78, 5) is 39.7. The Balaban J connectivity index is 0.919. The monoisotopic (exact) mass is 1090 g/mol. The molecule has 0 spiro atoms. The lowest BCUT2D eigenvalue weighted by molar-refractivity contribution is -0.352. The van der Waals surface area contributed by atoms with Crippen LogP contribution in [-0.2, 0) is 47.5 Å². The van der Waals surface area contributed by atoms with Crippen molar-refractivity contribution in [1.29, 1.82) is 0 Å². The number of aliphatic hydroxyl groups is 8. The number of esters is 1. The van der Waals surface area contributed by atoms with Crippen molar-refractivity contribution in [3.05, 3.63) is 53.6 Å². The van der Waals surface area contributed by atoms with Crippen molar-refractivity contribution >= 4 is 23.9 Å². The number of aliphatic carboxylic acids is 1. The van der Waals surface area contributed by atoms with E-state index in [0.717, 1.165) is 30.4 Å². The Labute approximate surface area is 450 Å². The maximum absolute atomic E-state index is 13.8. The first-order chi connectivity index (χ1) is 36.1. The fourth-order valence-electron chi connectivity index (χ4n) is 16.0. The van der Waals surface area contributed by atoms with Crippen LogP contribution in [0.4, 0.5) is 0 Å². The Morgan fingerprint density at radius 1 is 0.740 bits per heavy atom. The van der Waals surface area contributed by atoms with Crippen LogP contribution in [0.15, 0.2) is 48.1 Å². The van der Waals surface area contributed by atoms with E-state index in [1.165, 1.54) is 13.0 Å². The topological polar surface area (TPSA) is 310 Å². The average Bonchev–Trinajstić information content (AvgIpc) is 3.45. The van der Waals surface area contributed by atoms with E-state index in [4.69, 9.17) is 33.2 Å². The summed E-state index contributed by atoms with van der Waals surface area (Å²) in [7, 11) is 0. The van der Waals surface area contributed by atoms with Crippen LogP contribution in [0, 0.1) is 50.2 Å². The highest BCUT2D eigenvalue weighted by Gasteiger charge is 2.73. The first kappa shape index (κ1) is 58.2. The van der Waals surface area contributed by atoms with E-state index < -0.39 is 157 Å². The molecule has 5 aliphatic carbocycles. The number of amides is 1. The number of nitrogens with one attached hydrogen (secondary N) is 1. The number of benzene rings is 1. The molecule has 23 atom stereocenters. The number of carboxylic acids is 1. The van der Waals surface area contributed by atoms with Gasteiger partial charge in [-0.3, -0.25) is 9.59 Å². The van der Waals surface area contributed by atoms with Crippen LogP contribution in [0.25, 0.3) is 6.08 Å². The smallest absolute Gasteiger partial charge is 0.331 e. The molecule has 0 aromatic heterocycles. The van der Waals surface area contributed by atoms with Crippen molar-refractivity contribution in [1.82, 2.24) is 5.32 Å². The molecule has 3 saturated heterocycles. The average molecular weight is 1090 g/mol. The van der Waals surface area contributed by atoms with E-state index in [0.29, 0.717) is 19.3 Å². The number of rotatable bonds is 12. The summed E-state index contributed by atoms with van der Waals surface area (Å²) in [6, 6.07) is 8.16. The van der Waals surface area contributed by atoms with Crippen LogP contribution in [0.5, 0.6) is 0 Å². The van der Waals surface area contributed by atoms with Crippen molar-refractivity contribution < 1.29 is 93.5 Å². The molecule has 1 amide bonds. The predicted molar refractivity (Wildman–Crippen MR) is 272 cm³/mol. The Bertz CT molecular complexity index is 2380. The minimum Gasteiger partial charge on any atom is -0.481 e. The van der Waals surface area contributed by atoms with Gasteiger partial charge >= 0.3 is 11.9 Å². The molecular formula is C57H83NO19. The summed E-state index contributed by atoms with van der Waals surface area (Å²) in [6.45, 7) is 15.3. The van der Waals surface area contributed by atoms with Crippen molar-refractivity contribution in [2.75, 3.05) is 19.8 Å². The largest absolute Gasteiger partial charge is 0.481 e. The Morgan fingerprint density at radius 3 is 2.09 bits per heavy atom. The molecule has 0 bridgehead atoms. The Morgan fingerprint density at radius 2 is 1.42 bits per heavy atom. The SMILES string of the molecule is CC(=O)N[C@H]1[C@H](O[C@H]2CC[C@@]3(C)C(CC[C@]4(C)[C@@H]3CC=C3[C@@H]5CC(C)(C)[C@@H](OC(=O)/C=C/c6ccccc6)C[C@]5(C(=O)O)[C@H](O)C[C@]34C)C2(C)C)O[C@H](CO[C@@H]2OC[C@H](O)[C@H](O)[C@H]2O[C@@H]2OC[C@@H](O)[C@H](O)[C@H]2O)[C@@H](O)[C@@H]1O. The lowest BCUT2D eigenvalue weighted by Gasteiger charge is -2.72. The van der Waals surface area contributed by atoms with Crippen LogP contribution in [0.3, 0.4) is 0 Å². The van der Waals surface area contributed by atoms with Crippen LogP contribution >= 0.6 is 0 Å². The van der Waals surface area contributed by atoms with Gasteiger partial charge in [-0.05, 0) is 96.0 Å². The fraction of sp³-hybridized carbons (Fsp3) is 0.772. The van der Waals surface area contributed by atoms with Crippen LogP contribution in [0.1, 0.15) is 112 Å². The lowest BCUT2D eigenvalue weighted by atomic mass is 9.33. The molecular weight excluding hydrogens is 1000 g/mol. The predicted octanol–water partition coefficient (Wildman–Crippen LogP) is 2.33. The summed E-state index contributed by atoms with van der Waals surface area (Å²) < 4.78 is 42.3. The van der Waals surface area contributed by atoms with Gasteiger partial charge in [0.15, 0.2) is 18.9 Å². The molecule has 3 aliphatic heterocycles. The minimum absolute atomic E-state index is 0.0206. The third kappa shape index (κ3) is 10.1. The number of hydrogen-bond donors (Lipinski definition) is 10. The lowest BCUT2D eigenvalue weighted by Crippen LogP contribution is -2.69. The quantitative estimate of drug-likeness (QED) is 0.0622. The van der Waals surface area contributed by atoms with E-state index in [1.807, 2.05) is 44.2 Å². The van der Waals surface area contributed by atoms with Crippen molar-refractivity contribution in [2.45, 2.75) is 205 Å². The van der Waals surface area contributed by atoms with Gasteiger partial charge in [0.05, 0.1) is 32.0 Å². The number of fused-ring (bicyclic) bond motifs is 7. The maximum Gasteiger partial charge on any atom is 0.331 e. The molecule has 4 saturated carbocycles. The molecule has 20 heteroatoms. The van der Waals surface area contributed by atoms with Gasteiger partial charge in [0.1, 0.15) is 72.5 Å². The molecule has 3 heterocycles. The molecule has 7 fully saturated rings. The number of aliphatic hydroxyl groups excluding tert-OH is 8. The number of carbonyl (C=O) groups excluding carboxylic acids is 2. The van der Waals surface area contributed by atoms with Gasteiger partial charge in [0.2, 0.25) is 5.91 Å². The number of hydrogen-bond acceptors (Lipinski definition) is 18. The molecule has 1 aromatic rings. The highest BCUT2D eigenvalue weighted by molar-refractivity contribution is 5.87. The van der Waals surface area contributed by atoms with Crippen LogP contribution < -0.4 is 5.32 Å². The number of ether oxygens (including phenoxy) is 7. The van der Waals surface area contributed by atoms with Gasteiger partial charge in [-0.1, -0.05) is 90.4 Å². The molecule has 20 nitrogen and oxygen atoms in total. The minimum atomic E-state index is -1.73. The zero-order valence-electron chi connectivity index (χ0n) is 45.5.